The van der Waals surface area contributed by atoms with Gasteiger partial charge in [0.05, 0.1) is 0 Å². The van der Waals surface area contributed by atoms with Crippen molar-refractivity contribution in [2.24, 2.45) is 0 Å². The molecule has 2 N–H and O–H groups in total. The first-order chi connectivity index (χ1) is 12.6. The van der Waals surface area contributed by atoms with Crippen molar-refractivity contribution in [3.8, 4) is 0 Å². The van der Waals surface area contributed by atoms with Gasteiger partial charge in [-0.3, -0.25) is 4.79 Å². The molecule has 1 heterocycles. The number of hydrogen-bond donors (Lipinski definition) is 2. The van der Waals surface area contributed by atoms with E-state index in [0.29, 0.717) is 23.2 Å². The van der Waals surface area contributed by atoms with Crippen molar-refractivity contribution in [2.75, 3.05) is 11.9 Å². The Morgan fingerprint density at radius 1 is 1.12 bits per heavy atom. The molecule has 0 atom stereocenters. The van der Waals surface area contributed by atoms with Crippen LogP contribution in [-0.2, 0) is 6.42 Å². The quantitative estimate of drug-likeness (QED) is 0.687. The van der Waals surface area contributed by atoms with Crippen molar-refractivity contribution in [2.45, 2.75) is 13.3 Å². The number of carbonyl (C=O) groups excluding carboxylic acids is 1. The van der Waals surface area contributed by atoms with Crippen LogP contribution in [0.4, 0.5) is 11.6 Å². The molecule has 0 aliphatic rings. The van der Waals surface area contributed by atoms with Crippen LogP contribution in [0, 0.1) is 6.92 Å². The van der Waals surface area contributed by atoms with Gasteiger partial charge in [-0.15, -0.1) is 0 Å². The molecule has 1 aromatic heterocycles. The first-order valence-corrected chi connectivity index (χ1v) is 8.67. The third kappa shape index (κ3) is 5.04. The third-order valence-corrected chi connectivity index (χ3v) is 4.03. The average Bonchev–Trinajstić information content (AvgIpc) is 2.63. The summed E-state index contributed by atoms with van der Waals surface area (Å²) in [4.78, 5) is 20.7. The first-order valence-electron chi connectivity index (χ1n) is 8.29. The van der Waals surface area contributed by atoms with E-state index >= 15 is 0 Å². The summed E-state index contributed by atoms with van der Waals surface area (Å²) in [5.41, 5.74) is 3.45. The second kappa shape index (κ2) is 8.45. The van der Waals surface area contributed by atoms with Crippen molar-refractivity contribution in [3.05, 3.63) is 82.6 Å². The molecular formula is C20H19ClN4O. The average molecular weight is 367 g/mol. The number of aromatic nitrogens is 2. The fourth-order valence-electron chi connectivity index (χ4n) is 2.46. The Bertz CT molecular complexity index is 896. The Morgan fingerprint density at radius 3 is 2.69 bits per heavy atom. The van der Waals surface area contributed by atoms with E-state index in [-0.39, 0.29) is 5.91 Å². The second-order valence-electron chi connectivity index (χ2n) is 5.89. The predicted octanol–water partition coefficient (Wildman–Crippen LogP) is 4.15. The van der Waals surface area contributed by atoms with E-state index < -0.39 is 0 Å². The molecule has 1 amide bonds. The minimum Gasteiger partial charge on any atom is -0.350 e. The Kier molecular flexibility index (Phi) is 5.81. The Hall–Kier alpha value is -2.92. The van der Waals surface area contributed by atoms with Gasteiger partial charge in [-0.2, -0.15) is 0 Å². The lowest BCUT2D eigenvalue weighted by Crippen LogP contribution is -2.26. The molecule has 0 aliphatic heterocycles. The van der Waals surface area contributed by atoms with Crippen molar-refractivity contribution in [1.29, 1.82) is 0 Å². The molecule has 0 saturated carbocycles. The van der Waals surface area contributed by atoms with Crippen LogP contribution < -0.4 is 10.6 Å². The van der Waals surface area contributed by atoms with E-state index in [9.17, 15) is 4.79 Å². The second-order valence-corrected chi connectivity index (χ2v) is 6.33. The normalized spacial score (nSPS) is 10.4. The summed E-state index contributed by atoms with van der Waals surface area (Å²) in [7, 11) is 0. The highest BCUT2D eigenvalue weighted by Gasteiger charge is 2.08. The van der Waals surface area contributed by atoms with E-state index in [1.54, 1.807) is 12.3 Å². The lowest BCUT2D eigenvalue weighted by Gasteiger charge is -2.08. The first kappa shape index (κ1) is 17.9. The summed E-state index contributed by atoms with van der Waals surface area (Å²) in [5, 5.41) is 6.69. The van der Waals surface area contributed by atoms with Crippen LogP contribution >= 0.6 is 11.6 Å². The van der Waals surface area contributed by atoms with Gasteiger partial charge in [-0.25, -0.2) is 9.97 Å². The van der Waals surface area contributed by atoms with Gasteiger partial charge < -0.3 is 10.6 Å². The third-order valence-electron chi connectivity index (χ3n) is 3.77. The van der Waals surface area contributed by atoms with E-state index in [0.717, 1.165) is 23.2 Å². The molecular weight excluding hydrogens is 348 g/mol. The number of nitrogens with zero attached hydrogens (tertiary/aromatic N) is 2. The van der Waals surface area contributed by atoms with Crippen molar-refractivity contribution < 1.29 is 4.79 Å². The minimum absolute atomic E-state index is 0.228. The molecule has 2 aromatic carbocycles. The van der Waals surface area contributed by atoms with Gasteiger partial charge in [-0.05, 0) is 54.8 Å². The van der Waals surface area contributed by atoms with E-state index in [2.05, 4.69) is 20.6 Å². The number of halogens is 1. The van der Waals surface area contributed by atoms with E-state index in [4.69, 9.17) is 11.6 Å². The van der Waals surface area contributed by atoms with Crippen LogP contribution in [0.15, 0.2) is 60.8 Å². The molecule has 6 heteroatoms. The number of benzene rings is 2. The zero-order chi connectivity index (χ0) is 18.4. The van der Waals surface area contributed by atoms with Gasteiger partial charge in [0, 0.05) is 23.5 Å². The van der Waals surface area contributed by atoms with Crippen LogP contribution in [0.2, 0.25) is 5.02 Å². The molecule has 0 spiro atoms. The summed E-state index contributed by atoms with van der Waals surface area (Å²) in [6, 6.07) is 17.0. The largest absolute Gasteiger partial charge is 0.350 e. The maximum absolute atomic E-state index is 12.3. The highest BCUT2D eigenvalue weighted by molar-refractivity contribution is 6.30. The van der Waals surface area contributed by atoms with Gasteiger partial charge in [-0.1, -0.05) is 35.9 Å². The fraction of sp³-hybridized carbons (Fsp3) is 0.150. The van der Waals surface area contributed by atoms with Gasteiger partial charge in [0.25, 0.3) is 5.91 Å². The standard InChI is InChI=1S/C20H19ClN4O/c1-14-3-2-4-17(13-14)24-20-23-12-10-18(25-20)19(26)22-11-9-15-5-7-16(21)8-6-15/h2-8,10,12-13H,9,11H2,1H3,(H,22,26)(H,23,24,25). The molecule has 3 rings (SSSR count). The topological polar surface area (TPSA) is 66.9 Å². The Morgan fingerprint density at radius 2 is 1.92 bits per heavy atom. The fourth-order valence-corrected chi connectivity index (χ4v) is 2.59. The number of amides is 1. The summed E-state index contributed by atoms with van der Waals surface area (Å²) in [5.74, 6) is 0.162. The Balaban J connectivity index is 1.58. The maximum atomic E-state index is 12.3. The monoisotopic (exact) mass is 366 g/mol. The number of aryl methyl sites for hydroxylation is 1. The summed E-state index contributed by atoms with van der Waals surface area (Å²) in [6.45, 7) is 2.53. The van der Waals surface area contributed by atoms with Crippen LogP contribution in [0.1, 0.15) is 21.6 Å². The minimum atomic E-state index is -0.228. The van der Waals surface area contributed by atoms with Crippen molar-refractivity contribution in [3.63, 3.8) is 0 Å². The number of nitrogens with one attached hydrogen (secondary N) is 2. The summed E-state index contributed by atoms with van der Waals surface area (Å²) < 4.78 is 0. The van der Waals surface area contributed by atoms with Gasteiger partial charge >= 0.3 is 0 Å². The van der Waals surface area contributed by atoms with Crippen molar-refractivity contribution >= 4 is 29.1 Å². The molecule has 0 fully saturated rings. The SMILES string of the molecule is Cc1cccc(Nc2nccc(C(=O)NCCc3ccc(Cl)cc3)n2)c1. The number of hydrogen-bond acceptors (Lipinski definition) is 4. The predicted molar refractivity (Wildman–Crippen MR) is 104 cm³/mol. The van der Waals surface area contributed by atoms with Crippen LogP contribution in [0.5, 0.6) is 0 Å². The molecule has 5 nitrogen and oxygen atoms in total. The summed E-state index contributed by atoms with van der Waals surface area (Å²) >= 11 is 5.87. The molecule has 26 heavy (non-hydrogen) atoms. The van der Waals surface area contributed by atoms with Crippen LogP contribution in [0.25, 0.3) is 0 Å². The van der Waals surface area contributed by atoms with Gasteiger partial charge in [0.1, 0.15) is 5.69 Å². The van der Waals surface area contributed by atoms with Gasteiger partial charge in [0.2, 0.25) is 5.95 Å². The Labute approximate surface area is 157 Å². The highest BCUT2D eigenvalue weighted by atomic mass is 35.5. The molecule has 0 radical (unpaired) electrons. The van der Waals surface area contributed by atoms with Crippen LogP contribution in [-0.4, -0.2) is 22.4 Å². The smallest absolute Gasteiger partial charge is 0.270 e. The molecule has 3 aromatic rings. The lowest BCUT2D eigenvalue weighted by atomic mass is 10.1. The highest BCUT2D eigenvalue weighted by Crippen LogP contribution is 2.14. The molecule has 0 saturated heterocycles. The summed E-state index contributed by atoms with van der Waals surface area (Å²) in [6.07, 6.45) is 2.29. The zero-order valence-corrected chi connectivity index (χ0v) is 15.1. The van der Waals surface area contributed by atoms with Crippen molar-refractivity contribution in [1.82, 2.24) is 15.3 Å². The molecule has 0 bridgehead atoms. The maximum Gasteiger partial charge on any atom is 0.270 e. The number of anilines is 2. The number of rotatable bonds is 6. The molecule has 0 aliphatic carbocycles. The van der Waals surface area contributed by atoms with Gasteiger partial charge in [0.15, 0.2) is 0 Å². The lowest BCUT2D eigenvalue weighted by molar-refractivity contribution is 0.0949. The molecule has 132 valence electrons. The molecule has 0 unspecified atom stereocenters. The number of carbonyl (C=O) groups is 1. The van der Waals surface area contributed by atoms with E-state index in [1.165, 1.54) is 0 Å². The zero-order valence-electron chi connectivity index (χ0n) is 14.4. The van der Waals surface area contributed by atoms with Crippen LogP contribution in [0.3, 0.4) is 0 Å². The van der Waals surface area contributed by atoms with E-state index in [1.807, 2.05) is 55.5 Å².